The summed E-state index contributed by atoms with van der Waals surface area (Å²) in [7, 11) is 0. The van der Waals surface area contributed by atoms with Crippen LogP contribution in [0.5, 0.6) is 0 Å². The van der Waals surface area contributed by atoms with E-state index in [0.29, 0.717) is 5.56 Å². The third kappa shape index (κ3) is 4.85. The van der Waals surface area contributed by atoms with E-state index in [1.165, 1.54) is 0 Å². The van der Waals surface area contributed by atoms with E-state index >= 15 is 0 Å². The lowest BCUT2D eigenvalue weighted by molar-refractivity contribution is -0.159. The monoisotopic (exact) mass is 442 g/mol. The Hall–Kier alpha value is -3.95. The van der Waals surface area contributed by atoms with Gasteiger partial charge in [0, 0.05) is 29.3 Å². The highest BCUT2D eigenvalue weighted by Gasteiger charge is 2.38. The standard InChI is InChI=1S/C22H17F3N4O3/c1-13-8-16(19-28-20(32-29-19)22(23,24)25)6-7-17(13)11-27-21(30)31-12-14-9-15-4-2-3-5-18(15)26-10-14/h2-10H,11-12H2,1H3,(H,27,30). The highest BCUT2D eigenvalue weighted by atomic mass is 19.4. The van der Waals surface area contributed by atoms with Crippen molar-refractivity contribution < 1.29 is 27.2 Å². The van der Waals surface area contributed by atoms with E-state index in [1.807, 2.05) is 30.3 Å². The van der Waals surface area contributed by atoms with Gasteiger partial charge in [-0.1, -0.05) is 35.5 Å². The van der Waals surface area contributed by atoms with Crippen LogP contribution in [0.1, 0.15) is 22.6 Å². The average Bonchev–Trinajstić information content (AvgIpc) is 3.28. The van der Waals surface area contributed by atoms with Crippen LogP contribution in [0.3, 0.4) is 0 Å². The molecule has 2 aromatic carbocycles. The molecule has 1 amide bonds. The number of hydrogen-bond donors (Lipinski definition) is 1. The highest BCUT2D eigenvalue weighted by molar-refractivity contribution is 5.78. The SMILES string of the molecule is Cc1cc(-c2noc(C(F)(F)F)n2)ccc1CNC(=O)OCc1cnc2ccccc2c1. The van der Waals surface area contributed by atoms with Gasteiger partial charge in [0.25, 0.3) is 0 Å². The fraction of sp³-hybridized carbons (Fsp3) is 0.182. The maximum absolute atomic E-state index is 12.6. The van der Waals surface area contributed by atoms with Gasteiger partial charge in [0.1, 0.15) is 6.61 Å². The van der Waals surface area contributed by atoms with Gasteiger partial charge in [-0.2, -0.15) is 18.2 Å². The van der Waals surface area contributed by atoms with E-state index in [-0.39, 0.29) is 19.0 Å². The highest BCUT2D eigenvalue weighted by Crippen LogP contribution is 2.29. The van der Waals surface area contributed by atoms with Crippen LogP contribution in [0.15, 0.2) is 59.3 Å². The van der Waals surface area contributed by atoms with Gasteiger partial charge in [0.05, 0.1) is 5.52 Å². The number of halogens is 3. The van der Waals surface area contributed by atoms with Crippen LogP contribution in [0.25, 0.3) is 22.3 Å². The topological polar surface area (TPSA) is 90.1 Å². The van der Waals surface area contributed by atoms with E-state index in [4.69, 9.17) is 4.74 Å². The van der Waals surface area contributed by atoms with Crippen molar-refractivity contribution in [3.05, 3.63) is 77.3 Å². The fourth-order valence-corrected chi connectivity index (χ4v) is 3.05. The Balaban J connectivity index is 1.33. The quantitative estimate of drug-likeness (QED) is 0.466. The number of fused-ring (bicyclic) bond motifs is 1. The van der Waals surface area contributed by atoms with Gasteiger partial charge in [-0.3, -0.25) is 4.98 Å². The predicted octanol–water partition coefficient (Wildman–Crippen LogP) is 5.04. The molecular formula is C22H17F3N4O3. The molecule has 10 heteroatoms. The molecule has 0 bridgehead atoms. The van der Waals surface area contributed by atoms with Crippen molar-refractivity contribution in [2.24, 2.45) is 0 Å². The number of hydrogen-bond acceptors (Lipinski definition) is 6. The number of rotatable bonds is 5. The molecular weight excluding hydrogens is 425 g/mol. The minimum absolute atomic E-state index is 0.0704. The minimum atomic E-state index is -4.70. The van der Waals surface area contributed by atoms with Crippen LogP contribution >= 0.6 is 0 Å². The predicted molar refractivity (Wildman–Crippen MR) is 108 cm³/mol. The summed E-state index contributed by atoms with van der Waals surface area (Å²) in [5, 5.41) is 6.97. The summed E-state index contributed by atoms with van der Waals surface area (Å²) in [5.74, 6) is -1.57. The van der Waals surface area contributed by atoms with Crippen molar-refractivity contribution in [3.8, 4) is 11.4 Å². The van der Waals surface area contributed by atoms with E-state index in [1.54, 1.807) is 31.3 Å². The summed E-state index contributed by atoms with van der Waals surface area (Å²) >= 11 is 0. The number of ether oxygens (including phenoxy) is 1. The second kappa shape index (κ2) is 8.66. The number of aryl methyl sites for hydroxylation is 1. The molecule has 164 valence electrons. The van der Waals surface area contributed by atoms with Crippen LogP contribution in [0.4, 0.5) is 18.0 Å². The zero-order chi connectivity index (χ0) is 22.7. The Morgan fingerprint density at radius 3 is 2.72 bits per heavy atom. The largest absolute Gasteiger partial charge is 0.471 e. The van der Waals surface area contributed by atoms with Crippen molar-refractivity contribution in [2.45, 2.75) is 26.3 Å². The van der Waals surface area contributed by atoms with Gasteiger partial charge in [-0.25, -0.2) is 4.79 Å². The summed E-state index contributed by atoms with van der Waals surface area (Å²) in [6.07, 6.45) is -3.65. The van der Waals surface area contributed by atoms with E-state index in [9.17, 15) is 18.0 Å². The maximum atomic E-state index is 12.6. The molecule has 0 radical (unpaired) electrons. The number of carbonyl (C=O) groups excluding carboxylic acids is 1. The number of para-hydroxylation sites is 1. The second-order valence-corrected chi connectivity index (χ2v) is 7.03. The number of alkyl carbamates (subject to hydrolysis) is 1. The summed E-state index contributed by atoms with van der Waals surface area (Å²) in [4.78, 5) is 19.7. The third-order valence-corrected chi connectivity index (χ3v) is 4.71. The zero-order valence-electron chi connectivity index (χ0n) is 16.8. The van der Waals surface area contributed by atoms with E-state index in [0.717, 1.165) is 27.6 Å². The second-order valence-electron chi connectivity index (χ2n) is 7.03. The maximum Gasteiger partial charge on any atom is 0.471 e. The lowest BCUT2D eigenvalue weighted by Crippen LogP contribution is -2.24. The van der Waals surface area contributed by atoms with Gasteiger partial charge >= 0.3 is 18.2 Å². The molecule has 32 heavy (non-hydrogen) atoms. The summed E-state index contributed by atoms with van der Waals surface area (Å²) in [5.41, 5.74) is 3.49. The first-order valence-electron chi connectivity index (χ1n) is 9.55. The molecule has 0 aliphatic carbocycles. The van der Waals surface area contributed by atoms with Gasteiger partial charge in [0.15, 0.2) is 0 Å². The number of benzene rings is 2. The minimum Gasteiger partial charge on any atom is -0.445 e. The molecule has 0 unspecified atom stereocenters. The van der Waals surface area contributed by atoms with E-state index < -0.39 is 18.2 Å². The van der Waals surface area contributed by atoms with Crippen LogP contribution in [-0.2, 0) is 24.1 Å². The van der Waals surface area contributed by atoms with Crippen molar-refractivity contribution in [1.29, 1.82) is 0 Å². The molecule has 0 aliphatic heterocycles. The molecule has 2 aromatic heterocycles. The molecule has 0 aliphatic rings. The van der Waals surface area contributed by atoms with Gasteiger partial charge in [-0.05, 0) is 36.2 Å². The molecule has 1 N–H and O–H groups in total. The zero-order valence-corrected chi connectivity index (χ0v) is 16.8. The Morgan fingerprint density at radius 2 is 1.97 bits per heavy atom. The van der Waals surface area contributed by atoms with Crippen molar-refractivity contribution in [1.82, 2.24) is 20.4 Å². The lowest BCUT2D eigenvalue weighted by atomic mass is 10.0. The summed E-state index contributed by atoms with van der Waals surface area (Å²) in [6.45, 7) is 2.01. The molecule has 0 fully saturated rings. The summed E-state index contributed by atoms with van der Waals surface area (Å²) < 4.78 is 47.4. The number of pyridine rings is 1. The van der Waals surface area contributed by atoms with Crippen LogP contribution in [0, 0.1) is 6.92 Å². The average molecular weight is 442 g/mol. The smallest absolute Gasteiger partial charge is 0.445 e. The number of nitrogens with one attached hydrogen (secondary N) is 1. The van der Waals surface area contributed by atoms with Crippen LogP contribution in [0.2, 0.25) is 0 Å². The first-order valence-corrected chi connectivity index (χ1v) is 9.55. The Kier molecular flexibility index (Phi) is 5.76. The fourth-order valence-electron chi connectivity index (χ4n) is 3.05. The molecule has 0 spiro atoms. The first-order chi connectivity index (χ1) is 15.3. The third-order valence-electron chi connectivity index (χ3n) is 4.71. The number of nitrogens with zero attached hydrogens (tertiary/aromatic N) is 3. The van der Waals surface area contributed by atoms with Gasteiger partial charge in [-0.15, -0.1) is 0 Å². The first kappa shape index (κ1) is 21.3. The normalized spacial score (nSPS) is 11.5. The molecule has 0 saturated heterocycles. The molecule has 0 atom stereocenters. The van der Waals surface area contributed by atoms with Crippen molar-refractivity contribution in [2.75, 3.05) is 0 Å². The Morgan fingerprint density at radius 1 is 1.16 bits per heavy atom. The molecule has 4 aromatic rings. The Labute approximate surface area is 180 Å². The molecule has 4 rings (SSSR count). The molecule has 2 heterocycles. The van der Waals surface area contributed by atoms with E-state index in [2.05, 4.69) is 25.0 Å². The number of amides is 1. The van der Waals surface area contributed by atoms with Crippen LogP contribution < -0.4 is 5.32 Å². The molecule has 7 nitrogen and oxygen atoms in total. The number of carbonyl (C=O) groups is 1. The summed E-state index contributed by atoms with van der Waals surface area (Å²) in [6, 6.07) is 14.4. The number of alkyl halides is 3. The van der Waals surface area contributed by atoms with Gasteiger partial charge in [0.2, 0.25) is 5.82 Å². The van der Waals surface area contributed by atoms with Crippen molar-refractivity contribution in [3.63, 3.8) is 0 Å². The van der Waals surface area contributed by atoms with Crippen molar-refractivity contribution >= 4 is 17.0 Å². The lowest BCUT2D eigenvalue weighted by Gasteiger charge is -2.10. The van der Waals surface area contributed by atoms with Gasteiger partial charge < -0.3 is 14.6 Å². The van der Waals surface area contributed by atoms with Crippen LogP contribution in [-0.4, -0.2) is 21.2 Å². The Bertz CT molecular complexity index is 1270. The number of aromatic nitrogens is 3. The molecule has 0 saturated carbocycles.